The third-order valence-electron chi connectivity index (χ3n) is 17.0. The van der Waals surface area contributed by atoms with E-state index in [9.17, 15) is 0 Å². The van der Waals surface area contributed by atoms with E-state index in [2.05, 4.69) is 315 Å². The van der Waals surface area contributed by atoms with Gasteiger partial charge in [-0.25, -0.2) is 0 Å². The van der Waals surface area contributed by atoms with Gasteiger partial charge in [-0.1, -0.05) is 238 Å². The fraction of sp³-hybridized carbons (Fsp3) is 0.0526. The van der Waals surface area contributed by atoms with Crippen molar-refractivity contribution in [2.45, 2.75) is 24.7 Å². The van der Waals surface area contributed by atoms with E-state index in [0.29, 0.717) is 0 Å². The molecule has 2 nitrogen and oxygen atoms in total. The Morgan fingerprint density at radius 1 is 0.244 bits per heavy atom. The minimum atomic E-state index is -0.742. The normalized spacial score (nSPS) is 14.7. The molecule has 0 saturated carbocycles. The Bertz CT molecular complexity index is 4220. The lowest BCUT2D eigenvalue weighted by Crippen LogP contribution is -2.28. The zero-order valence-electron chi connectivity index (χ0n) is 43.6. The van der Waals surface area contributed by atoms with Crippen LogP contribution in [0.2, 0.25) is 0 Å². The number of benzene rings is 12. The van der Waals surface area contributed by atoms with E-state index < -0.39 is 5.41 Å². The number of hydrogen-bond donors (Lipinski definition) is 0. The minimum Gasteiger partial charge on any atom is -0.310 e. The summed E-state index contributed by atoms with van der Waals surface area (Å²) in [5, 5.41) is 0. The van der Waals surface area contributed by atoms with Crippen molar-refractivity contribution >= 4 is 34.1 Å². The van der Waals surface area contributed by atoms with Crippen LogP contribution < -0.4 is 9.80 Å². The Hall–Kier alpha value is -9.76. The largest absolute Gasteiger partial charge is 0.310 e. The predicted octanol–water partition coefficient (Wildman–Crippen LogP) is 20.3. The van der Waals surface area contributed by atoms with E-state index in [1.165, 1.54) is 83.5 Å². The van der Waals surface area contributed by atoms with Gasteiger partial charge in [0.05, 0.1) is 11.1 Å². The molecule has 12 aromatic rings. The molecule has 0 bridgehead atoms. The Balaban J connectivity index is 1.07. The number of fused-ring (bicyclic) bond motifs is 13. The average molecular weight is 995 g/mol. The highest BCUT2D eigenvalue weighted by atomic mass is 15.2. The van der Waals surface area contributed by atoms with Crippen molar-refractivity contribution in [1.29, 1.82) is 0 Å². The van der Waals surface area contributed by atoms with Gasteiger partial charge in [-0.3, -0.25) is 0 Å². The highest BCUT2D eigenvalue weighted by molar-refractivity contribution is 6.08. The summed E-state index contributed by atoms with van der Waals surface area (Å²) >= 11 is 0. The zero-order chi connectivity index (χ0) is 52.0. The van der Waals surface area contributed by atoms with Crippen LogP contribution in [0.15, 0.2) is 291 Å². The number of nitrogens with zero attached hydrogens (tertiary/aromatic N) is 2. The van der Waals surface area contributed by atoms with Crippen LogP contribution >= 0.6 is 0 Å². The molecule has 1 spiro atoms. The molecule has 368 valence electrons. The fourth-order valence-corrected chi connectivity index (χ4v) is 13.7. The Morgan fingerprint density at radius 2 is 0.654 bits per heavy atom. The summed E-state index contributed by atoms with van der Waals surface area (Å²) in [4.78, 5) is 5.00. The summed E-state index contributed by atoms with van der Waals surface area (Å²) in [6.45, 7) is 4.72. The molecule has 0 heterocycles. The van der Waals surface area contributed by atoms with Gasteiger partial charge < -0.3 is 9.80 Å². The van der Waals surface area contributed by atoms with E-state index in [1.807, 2.05) is 0 Å². The molecule has 1 atom stereocenters. The highest BCUT2D eigenvalue weighted by Crippen LogP contribution is 2.68. The molecule has 0 saturated heterocycles. The molecule has 12 aromatic carbocycles. The molecule has 2 heteroatoms. The van der Waals surface area contributed by atoms with Crippen molar-refractivity contribution in [3.63, 3.8) is 0 Å². The van der Waals surface area contributed by atoms with E-state index in [-0.39, 0.29) is 5.41 Å². The number of rotatable bonds is 9. The lowest BCUT2D eigenvalue weighted by molar-refractivity contribution is 0.660. The summed E-state index contributed by atoms with van der Waals surface area (Å²) in [5.41, 5.74) is 28.3. The average Bonchev–Trinajstić information content (AvgIpc) is 3.29. The van der Waals surface area contributed by atoms with Crippen LogP contribution in [0.25, 0.3) is 66.8 Å². The zero-order valence-corrected chi connectivity index (χ0v) is 43.6. The monoisotopic (exact) mass is 994 g/mol. The van der Waals surface area contributed by atoms with Gasteiger partial charge in [-0.05, 0) is 156 Å². The fourth-order valence-electron chi connectivity index (χ4n) is 13.7. The van der Waals surface area contributed by atoms with Crippen molar-refractivity contribution in [2.24, 2.45) is 0 Å². The maximum absolute atomic E-state index is 2.54. The van der Waals surface area contributed by atoms with Crippen molar-refractivity contribution in [3.8, 4) is 66.8 Å². The Kier molecular flexibility index (Phi) is 10.5. The first-order chi connectivity index (χ1) is 38.5. The van der Waals surface area contributed by atoms with Gasteiger partial charge in [-0.15, -0.1) is 0 Å². The molecular formula is C76H54N2. The van der Waals surface area contributed by atoms with Gasteiger partial charge in [0.1, 0.15) is 0 Å². The van der Waals surface area contributed by atoms with Gasteiger partial charge in [0.25, 0.3) is 0 Å². The quantitative estimate of drug-likeness (QED) is 0.142. The summed E-state index contributed by atoms with van der Waals surface area (Å²) in [6.07, 6.45) is 0. The van der Waals surface area contributed by atoms with Crippen molar-refractivity contribution in [1.82, 2.24) is 0 Å². The van der Waals surface area contributed by atoms with Gasteiger partial charge in [0, 0.05) is 45.0 Å². The van der Waals surface area contributed by atoms with Crippen LogP contribution in [0.5, 0.6) is 0 Å². The molecule has 0 aromatic heterocycles. The number of para-hydroxylation sites is 3. The van der Waals surface area contributed by atoms with Gasteiger partial charge in [0.15, 0.2) is 0 Å². The molecule has 0 radical (unpaired) electrons. The first kappa shape index (κ1) is 45.6. The second-order valence-corrected chi connectivity index (χ2v) is 21.5. The maximum Gasteiger partial charge on any atom is 0.0733 e. The summed E-state index contributed by atoms with van der Waals surface area (Å²) in [5.74, 6) is 0. The van der Waals surface area contributed by atoms with Crippen LogP contribution in [0, 0.1) is 0 Å². The molecule has 3 aliphatic rings. The topological polar surface area (TPSA) is 6.48 Å². The molecule has 0 amide bonds. The van der Waals surface area contributed by atoms with Gasteiger partial charge >= 0.3 is 0 Å². The highest BCUT2D eigenvalue weighted by Gasteiger charge is 2.54. The Morgan fingerprint density at radius 3 is 1.24 bits per heavy atom. The van der Waals surface area contributed by atoms with Crippen molar-refractivity contribution in [2.75, 3.05) is 9.80 Å². The predicted molar refractivity (Wildman–Crippen MR) is 326 cm³/mol. The lowest BCUT2D eigenvalue weighted by atomic mass is 9.68. The molecule has 0 aliphatic heterocycles. The molecule has 78 heavy (non-hydrogen) atoms. The molecular weight excluding hydrogens is 941 g/mol. The summed E-state index contributed by atoms with van der Waals surface area (Å²) < 4.78 is 0. The molecule has 0 N–H and O–H groups in total. The maximum atomic E-state index is 2.54. The van der Waals surface area contributed by atoms with Crippen LogP contribution in [-0.4, -0.2) is 0 Å². The first-order valence-electron chi connectivity index (χ1n) is 27.3. The summed E-state index contributed by atoms with van der Waals surface area (Å²) in [7, 11) is 0. The van der Waals surface area contributed by atoms with Crippen molar-refractivity contribution < 1.29 is 0 Å². The molecule has 0 fully saturated rings. The van der Waals surface area contributed by atoms with Gasteiger partial charge in [-0.2, -0.15) is 0 Å². The number of hydrogen-bond acceptors (Lipinski definition) is 2. The van der Waals surface area contributed by atoms with Crippen LogP contribution in [0.3, 0.4) is 0 Å². The van der Waals surface area contributed by atoms with E-state index in [0.717, 1.165) is 50.8 Å². The smallest absolute Gasteiger partial charge is 0.0733 e. The molecule has 3 aliphatic carbocycles. The third-order valence-corrected chi connectivity index (χ3v) is 17.0. The number of anilines is 6. The van der Waals surface area contributed by atoms with Crippen LogP contribution in [-0.2, 0) is 10.8 Å². The van der Waals surface area contributed by atoms with E-state index in [1.54, 1.807) is 0 Å². The second kappa shape index (κ2) is 17.9. The SMILES string of the molecule is CC1(C)c2ccccc2-c2cc(N(c3ccccc3)c3ccc4c(c3)C3(c5ccccc5-4)c4ccccc4-c4cc(-c5ccccc5)c(N(c5ccccc5)c5ccccc5)c(-c5ccc(-c6ccccc6)cc5)c43)ccc21. The third kappa shape index (κ3) is 6.83. The van der Waals surface area contributed by atoms with Crippen LogP contribution in [0.1, 0.15) is 47.2 Å². The van der Waals surface area contributed by atoms with Crippen molar-refractivity contribution in [3.05, 3.63) is 325 Å². The molecule has 1 unspecified atom stereocenters. The van der Waals surface area contributed by atoms with E-state index in [4.69, 9.17) is 0 Å². The standard InChI is InChI=1S/C76H54N2/c1-75(2)67-37-21-18-35-61(67)65-48-58(45-47-68(65)75)77(55-28-12-5-13-29-55)59-44-46-63-60-34-19-22-38-69(60)76(71(63)49-59)70-39-23-20-36-62(70)66-50-64(53-26-10-4-11-27-53)74(78(56-30-14-6-15-31-56)57-32-16-7-17-33-57)72(73(66)76)54-42-40-52(41-43-54)51-24-8-3-9-25-51/h3-50H,1-2H3. The van der Waals surface area contributed by atoms with Gasteiger partial charge in [0.2, 0.25) is 0 Å². The second-order valence-electron chi connectivity index (χ2n) is 21.5. The Labute approximate surface area is 457 Å². The summed E-state index contributed by atoms with van der Waals surface area (Å²) in [6, 6.07) is 109. The minimum absolute atomic E-state index is 0.105. The van der Waals surface area contributed by atoms with Crippen LogP contribution in [0.4, 0.5) is 34.1 Å². The van der Waals surface area contributed by atoms with E-state index >= 15 is 0 Å². The lowest BCUT2D eigenvalue weighted by Gasteiger charge is -2.37. The molecule has 15 rings (SSSR count). The first-order valence-corrected chi connectivity index (χ1v) is 27.3.